The van der Waals surface area contributed by atoms with Crippen LogP contribution in [0.25, 0.3) is 0 Å². The van der Waals surface area contributed by atoms with Gasteiger partial charge in [-0.3, -0.25) is 4.79 Å². The topological polar surface area (TPSA) is 40.5 Å². The molecule has 16 heavy (non-hydrogen) atoms. The molecular weight excluding hydrogens is 202 g/mol. The van der Waals surface area contributed by atoms with Gasteiger partial charge < -0.3 is 10.0 Å². The van der Waals surface area contributed by atoms with E-state index in [1.54, 1.807) is 0 Å². The Balaban J connectivity index is 2.44. The predicted molar refractivity (Wildman–Crippen MR) is 65.4 cm³/mol. The summed E-state index contributed by atoms with van der Waals surface area (Å²) < 4.78 is 0. The average Bonchev–Trinajstić information content (AvgIpc) is 2.16. The monoisotopic (exact) mass is 227 g/mol. The number of hydrogen-bond acceptors (Lipinski definition) is 2. The van der Waals surface area contributed by atoms with Crippen molar-refractivity contribution in [3.8, 4) is 0 Å². The van der Waals surface area contributed by atoms with Crippen molar-refractivity contribution in [2.75, 3.05) is 19.6 Å². The van der Waals surface area contributed by atoms with Gasteiger partial charge in [-0.25, -0.2) is 0 Å². The Labute approximate surface area is 98.8 Å². The van der Waals surface area contributed by atoms with Gasteiger partial charge in [0.25, 0.3) is 0 Å². The van der Waals surface area contributed by atoms with Crippen molar-refractivity contribution in [2.24, 2.45) is 17.8 Å². The predicted octanol–water partition coefficient (Wildman–Crippen LogP) is 2.47. The molecule has 0 radical (unpaired) electrons. The summed E-state index contributed by atoms with van der Waals surface area (Å²) in [6.45, 7) is 9.49. The van der Waals surface area contributed by atoms with Gasteiger partial charge in [0.05, 0.1) is 5.92 Å². The second-order valence-electron chi connectivity index (χ2n) is 5.49. The zero-order chi connectivity index (χ0) is 12.1. The van der Waals surface area contributed by atoms with Gasteiger partial charge in [0.1, 0.15) is 0 Å². The molecule has 0 aromatic rings. The van der Waals surface area contributed by atoms with Crippen LogP contribution in [0.1, 0.15) is 40.0 Å². The first-order chi connectivity index (χ1) is 7.52. The molecule has 1 N–H and O–H groups in total. The van der Waals surface area contributed by atoms with Gasteiger partial charge in [0.15, 0.2) is 0 Å². The molecule has 1 saturated heterocycles. The Hall–Kier alpha value is -0.570. The van der Waals surface area contributed by atoms with E-state index in [0.29, 0.717) is 11.8 Å². The van der Waals surface area contributed by atoms with E-state index in [-0.39, 0.29) is 5.92 Å². The number of rotatable bonds is 5. The number of likely N-dealkylation sites (tertiary alicyclic amines) is 1. The van der Waals surface area contributed by atoms with Crippen molar-refractivity contribution in [1.29, 1.82) is 0 Å². The maximum Gasteiger partial charge on any atom is 0.307 e. The number of carboxylic acid groups (broad SMARTS) is 1. The Bertz CT molecular complexity index is 230. The zero-order valence-corrected chi connectivity index (χ0v) is 10.8. The summed E-state index contributed by atoms with van der Waals surface area (Å²) >= 11 is 0. The number of piperidine rings is 1. The maximum atomic E-state index is 11.0. The fraction of sp³-hybridized carbons (Fsp3) is 0.923. The molecule has 0 aromatic carbocycles. The summed E-state index contributed by atoms with van der Waals surface area (Å²) in [5, 5.41) is 9.08. The van der Waals surface area contributed by atoms with Crippen LogP contribution in [0.5, 0.6) is 0 Å². The van der Waals surface area contributed by atoms with Gasteiger partial charge in [-0.2, -0.15) is 0 Å². The van der Waals surface area contributed by atoms with Gasteiger partial charge in [0.2, 0.25) is 0 Å². The highest BCUT2D eigenvalue weighted by Crippen LogP contribution is 2.23. The summed E-state index contributed by atoms with van der Waals surface area (Å²) in [6, 6.07) is 0. The molecule has 0 aromatic heterocycles. The SMILES string of the molecule is CCCC(C)CN1CC(C)CC(C(=O)O)C1. The van der Waals surface area contributed by atoms with Crippen LogP contribution < -0.4 is 0 Å². The highest BCUT2D eigenvalue weighted by atomic mass is 16.4. The van der Waals surface area contributed by atoms with Crippen molar-refractivity contribution in [1.82, 2.24) is 4.90 Å². The van der Waals surface area contributed by atoms with E-state index in [0.717, 1.165) is 26.1 Å². The molecule has 0 spiro atoms. The lowest BCUT2D eigenvalue weighted by Gasteiger charge is -2.36. The molecule has 1 heterocycles. The van der Waals surface area contributed by atoms with E-state index in [1.807, 2.05) is 0 Å². The van der Waals surface area contributed by atoms with Crippen LogP contribution in [-0.4, -0.2) is 35.6 Å². The van der Waals surface area contributed by atoms with Crippen LogP contribution in [0, 0.1) is 17.8 Å². The van der Waals surface area contributed by atoms with Crippen LogP contribution in [0.4, 0.5) is 0 Å². The third-order valence-electron chi connectivity index (χ3n) is 3.44. The van der Waals surface area contributed by atoms with Crippen molar-refractivity contribution in [3.63, 3.8) is 0 Å². The van der Waals surface area contributed by atoms with Crippen LogP contribution in [-0.2, 0) is 4.79 Å². The molecule has 1 rings (SSSR count). The summed E-state index contributed by atoms with van der Waals surface area (Å²) in [7, 11) is 0. The highest BCUT2D eigenvalue weighted by Gasteiger charge is 2.29. The molecular formula is C13H25NO2. The summed E-state index contributed by atoms with van der Waals surface area (Å²) in [6.07, 6.45) is 3.30. The van der Waals surface area contributed by atoms with Crippen LogP contribution >= 0.6 is 0 Å². The lowest BCUT2D eigenvalue weighted by atomic mass is 9.89. The van der Waals surface area contributed by atoms with Gasteiger partial charge in [-0.05, 0) is 24.7 Å². The first-order valence-corrected chi connectivity index (χ1v) is 6.48. The van der Waals surface area contributed by atoms with Crippen molar-refractivity contribution in [2.45, 2.75) is 40.0 Å². The van der Waals surface area contributed by atoms with Gasteiger partial charge >= 0.3 is 5.97 Å². The summed E-state index contributed by atoms with van der Waals surface area (Å²) in [4.78, 5) is 13.4. The molecule has 3 heteroatoms. The van der Waals surface area contributed by atoms with Gasteiger partial charge in [-0.1, -0.05) is 27.2 Å². The summed E-state index contributed by atoms with van der Waals surface area (Å²) in [5.41, 5.74) is 0. The Morgan fingerprint density at radius 3 is 2.75 bits per heavy atom. The molecule has 3 atom stereocenters. The second kappa shape index (κ2) is 6.24. The molecule has 3 nitrogen and oxygen atoms in total. The standard InChI is InChI=1S/C13H25NO2/c1-4-5-10(2)7-14-8-11(3)6-12(9-14)13(15)16/h10-12H,4-9H2,1-3H3,(H,15,16). The number of carbonyl (C=O) groups is 1. The second-order valence-corrected chi connectivity index (χ2v) is 5.49. The highest BCUT2D eigenvalue weighted by molar-refractivity contribution is 5.70. The van der Waals surface area contributed by atoms with E-state index in [1.165, 1.54) is 12.8 Å². The normalized spacial score (nSPS) is 28.9. The Morgan fingerprint density at radius 1 is 1.50 bits per heavy atom. The minimum absolute atomic E-state index is 0.155. The third kappa shape index (κ3) is 4.12. The molecule has 3 unspecified atom stereocenters. The third-order valence-corrected chi connectivity index (χ3v) is 3.44. The molecule has 94 valence electrons. The van der Waals surface area contributed by atoms with Crippen LogP contribution in [0.2, 0.25) is 0 Å². The first kappa shape index (κ1) is 13.5. The molecule has 0 amide bonds. The van der Waals surface area contributed by atoms with Crippen molar-refractivity contribution in [3.05, 3.63) is 0 Å². The minimum atomic E-state index is -0.625. The smallest absolute Gasteiger partial charge is 0.307 e. The van der Waals surface area contributed by atoms with Gasteiger partial charge in [-0.15, -0.1) is 0 Å². The molecule has 0 aliphatic carbocycles. The quantitative estimate of drug-likeness (QED) is 0.784. The lowest BCUT2D eigenvalue weighted by molar-refractivity contribution is -0.144. The van der Waals surface area contributed by atoms with Crippen LogP contribution in [0.3, 0.4) is 0 Å². The zero-order valence-electron chi connectivity index (χ0n) is 10.8. The molecule has 1 aliphatic rings. The van der Waals surface area contributed by atoms with E-state index < -0.39 is 5.97 Å². The number of carboxylic acids is 1. The summed E-state index contributed by atoms with van der Waals surface area (Å²) in [5.74, 6) is 0.422. The maximum absolute atomic E-state index is 11.0. The number of aliphatic carboxylic acids is 1. The van der Waals surface area contributed by atoms with Crippen molar-refractivity contribution >= 4 is 5.97 Å². The molecule has 1 aliphatic heterocycles. The minimum Gasteiger partial charge on any atom is -0.481 e. The average molecular weight is 227 g/mol. The van der Waals surface area contributed by atoms with Gasteiger partial charge in [0, 0.05) is 19.6 Å². The molecule has 0 bridgehead atoms. The Kier molecular flexibility index (Phi) is 5.26. The number of hydrogen-bond donors (Lipinski definition) is 1. The van der Waals surface area contributed by atoms with E-state index in [9.17, 15) is 4.79 Å². The van der Waals surface area contributed by atoms with Crippen molar-refractivity contribution < 1.29 is 9.90 Å². The fourth-order valence-corrected chi connectivity index (χ4v) is 2.81. The Morgan fingerprint density at radius 2 is 2.19 bits per heavy atom. The first-order valence-electron chi connectivity index (χ1n) is 6.48. The lowest BCUT2D eigenvalue weighted by Crippen LogP contribution is -2.44. The number of nitrogens with zero attached hydrogens (tertiary/aromatic N) is 1. The molecule has 1 fully saturated rings. The fourth-order valence-electron chi connectivity index (χ4n) is 2.81. The van der Waals surface area contributed by atoms with Crippen LogP contribution in [0.15, 0.2) is 0 Å². The van der Waals surface area contributed by atoms with E-state index in [2.05, 4.69) is 25.7 Å². The largest absolute Gasteiger partial charge is 0.481 e. The van der Waals surface area contributed by atoms with E-state index in [4.69, 9.17) is 5.11 Å². The van der Waals surface area contributed by atoms with E-state index >= 15 is 0 Å². The molecule has 0 saturated carbocycles.